The molecule has 0 saturated carbocycles. The van der Waals surface area contributed by atoms with Crippen LogP contribution in [0.5, 0.6) is 5.75 Å². The van der Waals surface area contributed by atoms with Crippen LogP contribution in [0.25, 0.3) is 0 Å². The highest BCUT2D eigenvalue weighted by Gasteiger charge is 2.10. The summed E-state index contributed by atoms with van der Waals surface area (Å²) in [6.45, 7) is -2.95. The van der Waals surface area contributed by atoms with Crippen LogP contribution in [0, 0.1) is 0 Å². The first-order valence-corrected chi connectivity index (χ1v) is 5.76. The van der Waals surface area contributed by atoms with E-state index in [0.717, 1.165) is 0 Å². The van der Waals surface area contributed by atoms with Gasteiger partial charge in [-0.1, -0.05) is 17.7 Å². The molecule has 1 heterocycles. The lowest BCUT2D eigenvalue weighted by Gasteiger charge is -2.07. The minimum atomic E-state index is -2.95. The molecule has 8 heteroatoms. The fourth-order valence-corrected chi connectivity index (χ4v) is 1.48. The smallest absolute Gasteiger partial charge is 0.387 e. The summed E-state index contributed by atoms with van der Waals surface area (Å²) in [5, 5.41) is 2.64. The van der Waals surface area contributed by atoms with Gasteiger partial charge in [0.2, 0.25) is 0 Å². The summed E-state index contributed by atoms with van der Waals surface area (Å²) in [5.74, 6) is -0.434. The predicted molar refractivity (Wildman–Crippen MR) is 68.1 cm³/mol. The van der Waals surface area contributed by atoms with Crippen LogP contribution < -0.4 is 10.1 Å². The van der Waals surface area contributed by atoms with Crippen molar-refractivity contribution in [2.45, 2.75) is 6.61 Å². The number of rotatable bonds is 4. The number of alkyl halides is 2. The lowest BCUT2D eigenvalue weighted by atomic mass is 10.2. The van der Waals surface area contributed by atoms with E-state index in [1.54, 1.807) is 0 Å². The normalized spacial score (nSPS) is 10.4. The van der Waals surface area contributed by atoms with Gasteiger partial charge in [-0.05, 0) is 18.2 Å². The van der Waals surface area contributed by atoms with Crippen LogP contribution in [0.15, 0.2) is 36.7 Å². The average molecular weight is 300 g/mol. The van der Waals surface area contributed by atoms with E-state index in [9.17, 15) is 13.6 Å². The van der Waals surface area contributed by atoms with Gasteiger partial charge in [0.15, 0.2) is 5.82 Å². The van der Waals surface area contributed by atoms with E-state index in [4.69, 9.17) is 11.6 Å². The first-order valence-electron chi connectivity index (χ1n) is 5.38. The molecule has 0 bridgehead atoms. The minimum absolute atomic E-state index is 0.102. The standard InChI is InChI=1S/C12H8ClF2N3O2/c13-9-5-17-10(6-16-9)18-11(19)7-2-1-3-8(4-7)20-12(14)15/h1-6,12H,(H,17,18,19). The molecule has 0 aliphatic rings. The Morgan fingerprint density at radius 2 is 2.10 bits per heavy atom. The maximum absolute atomic E-state index is 12.1. The van der Waals surface area contributed by atoms with E-state index in [2.05, 4.69) is 20.0 Å². The Labute approximate surface area is 117 Å². The third-order valence-electron chi connectivity index (χ3n) is 2.18. The zero-order chi connectivity index (χ0) is 14.5. The van der Waals surface area contributed by atoms with E-state index in [1.807, 2.05) is 0 Å². The Bertz CT molecular complexity index is 608. The highest BCUT2D eigenvalue weighted by molar-refractivity contribution is 6.29. The van der Waals surface area contributed by atoms with E-state index in [0.29, 0.717) is 0 Å². The number of hydrogen-bond acceptors (Lipinski definition) is 4. The number of aromatic nitrogens is 2. The monoisotopic (exact) mass is 299 g/mol. The van der Waals surface area contributed by atoms with Crippen molar-refractivity contribution in [3.63, 3.8) is 0 Å². The molecule has 2 aromatic rings. The van der Waals surface area contributed by atoms with Crippen LogP contribution in [0.2, 0.25) is 5.15 Å². The third kappa shape index (κ3) is 3.86. The summed E-state index contributed by atoms with van der Waals surface area (Å²) in [5.41, 5.74) is 0.153. The van der Waals surface area contributed by atoms with Crippen molar-refractivity contribution >= 4 is 23.3 Å². The number of amides is 1. The Hall–Kier alpha value is -2.28. The van der Waals surface area contributed by atoms with Crippen molar-refractivity contribution < 1.29 is 18.3 Å². The second-order valence-corrected chi connectivity index (χ2v) is 3.97. The number of halogens is 3. The number of anilines is 1. The second-order valence-electron chi connectivity index (χ2n) is 3.58. The average Bonchev–Trinajstić information content (AvgIpc) is 2.41. The summed E-state index contributed by atoms with van der Waals surface area (Å²) in [4.78, 5) is 19.5. The molecular weight excluding hydrogens is 292 g/mol. The lowest BCUT2D eigenvalue weighted by molar-refractivity contribution is -0.0498. The number of benzene rings is 1. The predicted octanol–water partition coefficient (Wildman–Crippen LogP) is 2.98. The zero-order valence-electron chi connectivity index (χ0n) is 9.89. The molecule has 0 aliphatic carbocycles. The largest absolute Gasteiger partial charge is 0.435 e. The Kier molecular flexibility index (Phi) is 4.41. The quantitative estimate of drug-likeness (QED) is 0.942. The first kappa shape index (κ1) is 14.1. The molecule has 0 saturated heterocycles. The lowest BCUT2D eigenvalue weighted by Crippen LogP contribution is -2.13. The van der Waals surface area contributed by atoms with Gasteiger partial charge in [-0.25, -0.2) is 9.97 Å². The molecule has 0 fully saturated rings. The minimum Gasteiger partial charge on any atom is -0.435 e. The van der Waals surface area contributed by atoms with Gasteiger partial charge in [-0.2, -0.15) is 8.78 Å². The van der Waals surface area contributed by atoms with Crippen molar-refractivity contribution in [2.24, 2.45) is 0 Å². The number of nitrogens with one attached hydrogen (secondary N) is 1. The first-order chi connectivity index (χ1) is 9.54. The Morgan fingerprint density at radius 3 is 2.75 bits per heavy atom. The summed E-state index contributed by atoms with van der Waals surface area (Å²) in [6, 6.07) is 5.41. The van der Waals surface area contributed by atoms with Gasteiger partial charge >= 0.3 is 6.61 Å². The molecule has 0 radical (unpaired) electrons. The molecule has 2 rings (SSSR count). The van der Waals surface area contributed by atoms with Crippen LogP contribution in [-0.4, -0.2) is 22.5 Å². The number of carbonyl (C=O) groups is 1. The zero-order valence-corrected chi connectivity index (χ0v) is 10.6. The van der Waals surface area contributed by atoms with Gasteiger partial charge < -0.3 is 10.1 Å². The van der Waals surface area contributed by atoms with Gasteiger partial charge in [-0.15, -0.1) is 0 Å². The summed E-state index contributed by atoms with van der Waals surface area (Å²) < 4.78 is 28.4. The van der Waals surface area contributed by atoms with Crippen molar-refractivity contribution in [2.75, 3.05) is 5.32 Å². The number of ether oxygens (including phenoxy) is 1. The van der Waals surface area contributed by atoms with Gasteiger partial charge in [0.1, 0.15) is 10.9 Å². The summed E-state index contributed by atoms with van der Waals surface area (Å²) >= 11 is 5.56. The van der Waals surface area contributed by atoms with Crippen molar-refractivity contribution in [3.8, 4) is 5.75 Å². The molecule has 5 nitrogen and oxygen atoms in total. The van der Waals surface area contributed by atoms with Crippen LogP contribution in [0.1, 0.15) is 10.4 Å². The summed E-state index contributed by atoms with van der Waals surface area (Å²) in [6.07, 6.45) is 2.55. The molecule has 20 heavy (non-hydrogen) atoms. The third-order valence-corrected chi connectivity index (χ3v) is 2.38. The molecule has 0 unspecified atom stereocenters. The van der Waals surface area contributed by atoms with Gasteiger partial charge in [0.25, 0.3) is 5.91 Å². The maximum Gasteiger partial charge on any atom is 0.387 e. The Morgan fingerprint density at radius 1 is 1.30 bits per heavy atom. The molecule has 0 atom stereocenters. The molecular formula is C12H8ClF2N3O2. The molecule has 1 aromatic heterocycles. The molecule has 1 N–H and O–H groups in total. The van der Waals surface area contributed by atoms with Crippen LogP contribution in [-0.2, 0) is 0 Å². The highest BCUT2D eigenvalue weighted by atomic mass is 35.5. The second kappa shape index (κ2) is 6.25. The van der Waals surface area contributed by atoms with Gasteiger partial charge in [0.05, 0.1) is 12.4 Å². The van der Waals surface area contributed by atoms with E-state index in [1.165, 1.54) is 36.7 Å². The fourth-order valence-electron chi connectivity index (χ4n) is 1.38. The van der Waals surface area contributed by atoms with Crippen molar-refractivity contribution in [1.82, 2.24) is 9.97 Å². The van der Waals surface area contributed by atoms with E-state index in [-0.39, 0.29) is 22.3 Å². The summed E-state index contributed by atoms with van der Waals surface area (Å²) in [7, 11) is 0. The SMILES string of the molecule is O=C(Nc1cnc(Cl)cn1)c1cccc(OC(F)F)c1. The molecule has 0 spiro atoms. The molecule has 1 aromatic carbocycles. The van der Waals surface area contributed by atoms with Crippen molar-refractivity contribution in [3.05, 3.63) is 47.4 Å². The maximum atomic E-state index is 12.1. The van der Waals surface area contributed by atoms with Crippen molar-refractivity contribution in [1.29, 1.82) is 0 Å². The van der Waals surface area contributed by atoms with Gasteiger partial charge in [0, 0.05) is 5.56 Å². The fraction of sp³-hybridized carbons (Fsp3) is 0.0833. The van der Waals surface area contributed by atoms with Crippen LogP contribution in [0.3, 0.4) is 0 Å². The van der Waals surface area contributed by atoms with Gasteiger partial charge in [-0.3, -0.25) is 4.79 Å². The van der Waals surface area contributed by atoms with E-state index < -0.39 is 12.5 Å². The Balaban J connectivity index is 2.10. The number of nitrogens with zero attached hydrogens (tertiary/aromatic N) is 2. The topological polar surface area (TPSA) is 64.1 Å². The highest BCUT2D eigenvalue weighted by Crippen LogP contribution is 2.17. The van der Waals surface area contributed by atoms with Crippen LogP contribution in [0.4, 0.5) is 14.6 Å². The molecule has 1 amide bonds. The molecule has 0 aliphatic heterocycles. The number of carbonyl (C=O) groups excluding carboxylic acids is 1. The van der Waals surface area contributed by atoms with E-state index >= 15 is 0 Å². The molecule has 104 valence electrons. The van der Waals surface area contributed by atoms with Crippen LogP contribution >= 0.6 is 11.6 Å². The number of hydrogen-bond donors (Lipinski definition) is 1.